The van der Waals surface area contributed by atoms with Gasteiger partial charge in [-0.3, -0.25) is 0 Å². The van der Waals surface area contributed by atoms with Crippen LogP contribution in [0.15, 0.2) is 197 Å². The van der Waals surface area contributed by atoms with Gasteiger partial charge in [-0.25, -0.2) is 0 Å². The fourth-order valence-corrected chi connectivity index (χ4v) is 8.11. The van der Waals surface area contributed by atoms with Crippen molar-refractivity contribution in [3.05, 3.63) is 182 Å². The highest BCUT2D eigenvalue weighted by Crippen LogP contribution is 2.30. The molecule has 6 rings (SSSR count). The molecular formula is C40H39BS. The van der Waals surface area contributed by atoms with E-state index in [4.69, 9.17) is 0 Å². The lowest BCUT2D eigenvalue weighted by Crippen LogP contribution is -2.66. The quantitative estimate of drug-likeness (QED) is 0.122. The summed E-state index contributed by atoms with van der Waals surface area (Å²) in [6, 6.07) is 65.3. The van der Waals surface area contributed by atoms with Gasteiger partial charge in [0.2, 0.25) is 0 Å². The molecule has 0 aromatic heterocycles. The second-order valence-electron chi connectivity index (χ2n) is 10.7. The van der Waals surface area contributed by atoms with Crippen LogP contribution in [0, 0.1) is 0 Å². The zero-order valence-electron chi connectivity index (χ0n) is 24.4. The molecule has 0 heterocycles. The van der Waals surface area contributed by atoms with Gasteiger partial charge < -0.3 is 0 Å². The van der Waals surface area contributed by atoms with Gasteiger partial charge in [0.1, 0.15) is 0 Å². The third-order valence-corrected chi connectivity index (χ3v) is 10.3. The fraction of sp³-hybridized carbons (Fsp3) is 0.100. The molecule has 0 fully saturated rings. The number of hydrogen-bond acceptors (Lipinski definition) is 0. The summed E-state index contributed by atoms with van der Waals surface area (Å²) in [4.78, 5) is 4.08. The molecule has 0 bridgehead atoms. The molecule has 42 heavy (non-hydrogen) atoms. The molecule has 0 aliphatic rings. The number of unbranched alkanes of at least 4 members (excludes halogenated alkanes) is 1. The molecule has 0 saturated carbocycles. The number of hydrogen-bond donors (Lipinski definition) is 0. The van der Waals surface area contributed by atoms with Crippen LogP contribution in [0.25, 0.3) is 0 Å². The molecule has 0 N–H and O–H groups in total. The molecule has 0 radical (unpaired) electrons. The lowest BCUT2D eigenvalue weighted by molar-refractivity contribution is 0.874. The minimum absolute atomic E-state index is 0.0146. The molecule has 2 heteroatoms. The minimum Gasteiger partial charge on any atom is -0.200 e. The van der Waals surface area contributed by atoms with Crippen molar-refractivity contribution in [2.75, 3.05) is 0 Å². The molecule has 0 aliphatic carbocycles. The Labute approximate surface area is 255 Å². The molecule has 0 aliphatic heterocycles. The number of rotatable bonds is 9. The van der Waals surface area contributed by atoms with Gasteiger partial charge in [-0.05, 0) is 36.4 Å². The van der Waals surface area contributed by atoms with E-state index in [1.807, 2.05) is 0 Å². The Kier molecular flexibility index (Phi) is 10.5. The van der Waals surface area contributed by atoms with Crippen LogP contribution >= 0.6 is 0 Å². The van der Waals surface area contributed by atoms with Gasteiger partial charge in [0.05, 0.1) is 17.0 Å². The third kappa shape index (κ3) is 6.95. The molecule has 0 saturated heterocycles. The third-order valence-electron chi connectivity index (χ3n) is 8.03. The van der Waals surface area contributed by atoms with E-state index in [1.54, 1.807) is 0 Å². The van der Waals surface area contributed by atoms with Gasteiger partial charge >= 0.3 is 0 Å². The molecule has 0 spiro atoms. The normalized spacial score (nSPS) is 11.0. The highest BCUT2D eigenvalue weighted by molar-refractivity contribution is 7.97. The van der Waals surface area contributed by atoms with Crippen LogP contribution in [0.2, 0.25) is 6.32 Å². The molecule has 0 unspecified atom stereocenters. The lowest BCUT2D eigenvalue weighted by Gasteiger charge is -2.43. The lowest BCUT2D eigenvalue weighted by atomic mass is 9.14. The first kappa shape index (κ1) is 29.2. The summed E-state index contributed by atoms with van der Waals surface area (Å²) in [5.41, 5.74) is 4.33. The summed E-state index contributed by atoms with van der Waals surface area (Å²) in [7, 11) is -0.0146. The Morgan fingerprint density at radius 1 is 0.381 bits per heavy atom. The second-order valence-corrected chi connectivity index (χ2v) is 12.7. The molecular weight excluding hydrogens is 523 g/mol. The van der Waals surface area contributed by atoms with Crippen LogP contribution < -0.4 is 16.4 Å². The molecule has 0 nitrogen and oxygen atoms in total. The van der Waals surface area contributed by atoms with Gasteiger partial charge in [0, 0.05) is 0 Å². The first-order chi connectivity index (χ1) is 20.8. The Morgan fingerprint density at radius 2 is 0.643 bits per heavy atom. The highest BCUT2D eigenvalue weighted by atomic mass is 32.2. The molecule has 0 atom stereocenters. The predicted octanol–water partition coefficient (Wildman–Crippen LogP) is 8.74. The van der Waals surface area contributed by atoms with Gasteiger partial charge in [-0.2, -0.15) is 22.7 Å². The van der Waals surface area contributed by atoms with Crippen LogP contribution in [0.3, 0.4) is 0 Å². The summed E-state index contributed by atoms with van der Waals surface area (Å²) >= 11 is 0. The van der Waals surface area contributed by atoms with E-state index < -0.39 is 6.15 Å². The summed E-state index contributed by atoms with van der Waals surface area (Å²) in [6.07, 6.45) is 2.73. The van der Waals surface area contributed by atoms with E-state index in [0.717, 1.165) is 0 Å². The van der Waals surface area contributed by atoms with E-state index >= 15 is 0 Å². The van der Waals surface area contributed by atoms with E-state index in [0.29, 0.717) is 0 Å². The Balaban J connectivity index is 0.000000171. The van der Waals surface area contributed by atoms with E-state index in [9.17, 15) is 0 Å². The average molecular weight is 563 g/mol. The molecule has 6 aromatic carbocycles. The number of benzene rings is 6. The van der Waals surface area contributed by atoms with Crippen molar-refractivity contribution in [3.63, 3.8) is 0 Å². The first-order valence-electron chi connectivity index (χ1n) is 15.1. The van der Waals surface area contributed by atoms with Crippen LogP contribution in [0.5, 0.6) is 0 Å². The maximum atomic E-state index is 2.30. The SMILES string of the molecule is CCCC[B-](c1ccccc1)(c1ccccc1)c1ccccc1.c1ccc([S+](c2ccccc2)c2ccccc2)cc1. The Morgan fingerprint density at radius 3 is 0.905 bits per heavy atom. The van der Waals surface area contributed by atoms with Crippen molar-refractivity contribution in [2.45, 2.75) is 40.8 Å². The van der Waals surface area contributed by atoms with Crippen molar-refractivity contribution >= 4 is 33.4 Å². The average Bonchev–Trinajstić information content (AvgIpc) is 3.09. The maximum Gasteiger partial charge on any atom is 0.166 e. The predicted molar refractivity (Wildman–Crippen MR) is 185 cm³/mol. The molecule has 0 amide bonds. The largest absolute Gasteiger partial charge is 0.200 e. The van der Waals surface area contributed by atoms with Crippen molar-refractivity contribution in [1.29, 1.82) is 0 Å². The fourth-order valence-electron chi connectivity index (χ4n) is 6.01. The maximum absolute atomic E-state index is 2.30. The van der Waals surface area contributed by atoms with Crippen molar-refractivity contribution in [2.24, 2.45) is 0 Å². The molecule has 6 aromatic rings. The second kappa shape index (κ2) is 15.1. The summed E-state index contributed by atoms with van der Waals surface area (Å²) in [5.74, 6) is 0. The monoisotopic (exact) mass is 562 g/mol. The summed E-state index contributed by atoms with van der Waals surface area (Å²) in [5, 5.41) is 0. The first-order valence-corrected chi connectivity index (χ1v) is 16.3. The van der Waals surface area contributed by atoms with Gasteiger partial charge in [-0.1, -0.05) is 165 Å². The van der Waals surface area contributed by atoms with Crippen LogP contribution in [0.4, 0.5) is 0 Å². The van der Waals surface area contributed by atoms with Crippen LogP contribution in [0.1, 0.15) is 19.8 Å². The minimum atomic E-state index is -0.913. The van der Waals surface area contributed by atoms with Gasteiger partial charge in [0.15, 0.2) is 14.7 Å². The van der Waals surface area contributed by atoms with Crippen molar-refractivity contribution < 1.29 is 0 Å². The van der Waals surface area contributed by atoms with Crippen LogP contribution in [-0.2, 0) is 10.9 Å². The van der Waals surface area contributed by atoms with Gasteiger partial charge in [0.25, 0.3) is 0 Å². The smallest absolute Gasteiger partial charge is 0.166 e. The Bertz CT molecular complexity index is 1380. The Hall–Kier alpha value is -4.27. The topological polar surface area (TPSA) is 0 Å². The van der Waals surface area contributed by atoms with E-state index in [1.165, 1.54) is 50.2 Å². The van der Waals surface area contributed by atoms with E-state index in [-0.39, 0.29) is 10.9 Å². The zero-order chi connectivity index (χ0) is 28.9. The van der Waals surface area contributed by atoms with Crippen LogP contribution in [-0.4, -0.2) is 6.15 Å². The van der Waals surface area contributed by atoms with Gasteiger partial charge in [-0.15, -0.1) is 0 Å². The summed E-state index contributed by atoms with van der Waals surface area (Å²) in [6.45, 7) is 2.28. The molecule has 208 valence electrons. The van der Waals surface area contributed by atoms with E-state index in [2.05, 4.69) is 189 Å². The standard InChI is InChI=1S/C22H24B.C18H15S/c1-2-3-19-23(20-13-7-4-8-14-20,21-15-9-5-10-16-21)22-17-11-6-12-18-22;1-4-10-16(11-5-1)19(17-12-6-2-7-13-17)18-14-8-3-9-15-18/h4-18H,2-3,19H2,1H3;1-15H/q-1;+1. The highest BCUT2D eigenvalue weighted by Gasteiger charge is 2.29. The zero-order valence-corrected chi connectivity index (χ0v) is 25.2. The van der Waals surface area contributed by atoms with Crippen molar-refractivity contribution in [3.8, 4) is 0 Å². The summed E-state index contributed by atoms with van der Waals surface area (Å²) < 4.78 is 0. The van der Waals surface area contributed by atoms with Crippen molar-refractivity contribution in [1.82, 2.24) is 0 Å².